The fraction of sp³-hybridized carbons (Fsp3) is 0.250. The van der Waals surface area contributed by atoms with Crippen LogP contribution < -0.4 is 10.1 Å². The number of halogens is 1. The van der Waals surface area contributed by atoms with E-state index in [-0.39, 0.29) is 31.4 Å². The van der Waals surface area contributed by atoms with Crippen LogP contribution in [0.25, 0.3) is 0 Å². The van der Waals surface area contributed by atoms with Crippen molar-refractivity contribution in [2.24, 2.45) is 10.2 Å². The molecule has 0 radical (unpaired) electrons. The molecule has 1 aliphatic heterocycles. The number of hydrogen-bond donors (Lipinski definition) is 1. The van der Waals surface area contributed by atoms with Crippen LogP contribution in [0.2, 0.25) is 5.02 Å². The van der Waals surface area contributed by atoms with Crippen LogP contribution >= 0.6 is 19.4 Å². The minimum absolute atomic E-state index is 0.0887. The molecule has 2 aromatic carbocycles. The molecule has 1 amide bonds. The van der Waals surface area contributed by atoms with Crippen molar-refractivity contribution in [2.45, 2.75) is 13.8 Å². The maximum Gasteiger partial charge on any atom is 0.531 e. The summed E-state index contributed by atoms with van der Waals surface area (Å²) in [6.07, 6.45) is 0. The van der Waals surface area contributed by atoms with Gasteiger partial charge in [-0.25, -0.2) is 4.57 Å². The predicted molar refractivity (Wildman–Crippen MR) is 118 cm³/mol. The van der Waals surface area contributed by atoms with Crippen molar-refractivity contribution in [2.75, 3.05) is 25.1 Å². The highest BCUT2D eigenvalue weighted by Gasteiger charge is 2.30. The number of phosphoric acid groups is 1. The fourth-order valence-corrected chi connectivity index (χ4v) is 3.88. The number of fused-ring (bicyclic) bond motifs is 1. The zero-order valence-corrected chi connectivity index (χ0v) is 18.6. The third-order valence-electron chi connectivity index (χ3n) is 3.87. The second-order valence-corrected chi connectivity index (χ2v) is 8.09. The van der Waals surface area contributed by atoms with Crippen LogP contribution in [0.5, 0.6) is 5.75 Å². The lowest BCUT2D eigenvalue weighted by molar-refractivity contribution is -0.110. The molecule has 0 bridgehead atoms. The fourth-order valence-electron chi connectivity index (χ4n) is 2.59. The van der Waals surface area contributed by atoms with Crippen LogP contribution in [0, 0.1) is 0 Å². The van der Waals surface area contributed by atoms with E-state index in [1.165, 1.54) is 0 Å². The van der Waals surface area contributed by atoms with Crippen LogP contribution in [0.15, 0.2) is 58.7 Å². The zero-order chi connectivity index (χ0) is 22.3. The SMILES string of the molecule is CCOP(=O)(OCC)O/C(COc1ccc(Cl)cc1)=N\N=C1/C(=O)Nc2ccccc21. The Morgan fingerprint density at radius 2 is 1.74 bits per heavy atom. The van der Waals surface area contributed by atoms with E-state index in [0.717, 1.165) is 0 Å². The second-order valence-electron chi connectivity index (χ2n) is 6.06. The number of anilines is 1. The summed E-state index contributed by atoms with van der Waals surface area (Å²) in [6.45, 7) is 3.23. The van der Waals surface area contributed by atoms with Crippen LogP contribution in [0.3, 0.4) is 0 Å². The summed E-state index contributed by atoms with van der Waals surface area (Å²) in [5, 5.41) is 11.2. The molecule has 1 heterocycles. The van der Waals surface area contributed by atoms with Crippen molar-refractivity contribution < 1.29 is 27.7 Å². The first-order valence-electron chi connectivity index (χ1n) is 9.46. The summed E-state index contributed by atoms with van der Waals surface area (Å²) < 4.78 is 34.1. The van der Waals surface area contributed by atoms with Crippen molar-refractivity contribution in [3.63, 3.8) is 0 Å². The smallest absolute Gasteiger partial charge is 0.484 e. The molecule has 1 aliphatic rings. The lowest BCUT2D eigenvalue weighted by Gasteiger charge is -2.17. The van der Waals surface area contributed by atoms with Gasteiger partial charge in [0, 0.05) is 10.6 Å². The molecule has 0 atom stereocenters. The van der Waals surface area contributed by atoms with Gasteiger partial charge < -0.3 is 14.6 Å². The molecule has 11 heteroatoms. The summed E-state index contributed by atoms with van der Waals surface area (Å²) in [7, 11) is -3.95. The number of nitrogens with one attached hydrogen (secondary N) is 1. The molecule has 3 rings (SSSR count). The first-order chi connectivity index (χ1) is 14.9. The molecule has 0 aromatic heterocycles. The van der Waals surface area contributed by atoms with E-state index in [2.05, 4.69) is 15.5 Å². The van der Waals surface area contributed by atoms with Crippen molar-refractivity contribution >= 4 is 42.6 Å². The molecule has 0 fully saturated rings. The summed E-state index contributed by atoms with van der Waals surface area (Å²) in [5.74, 6) is -0.134. The van der Waals surface area contributed by atoms with Gasteiger partial charge in [0.15, 0.2) is 12.3 Å². The van der Waals surface area contributed by atoms with Gasteiger partial charge in [0.2, 0.25) is 0 Å². The third kappa shape index (κ3) is 6.15. The normalized spacial score (nSPS) is 15.0. The minimum Gasteiger partial charge on any atom is -0.484 e. The van der Waals surface area contributed by atoms with Crippen molar-refractivity contribution in [3.8, 4) is 5.75 Å². The second kappa shape index (κ2) is 10.5. The Morgan fingerprint density at radius 3 is 2.42 bits per heavy atom. The number of hydrogen-bond acceptors (Lipinski definition) is 8. The van der Waals surface area contributed by atoms with Crippen molar-refractivity contribution in [3.05, 3.63) is 59.1 Å². The average molecular weight is 466 g/mol. The monoisotopic (exact) mass is 465 g/mol. The van der Waals surface area contributed by atoms with Crippen LogP contribution in [-0.4, -0.2) is 37.3 Å². The Hall–Kier alpha value is -2.71. The van der Waals surface area contributed by atoms with Crippen molar-refractivity contribution in [1.29, 1.82) is 0 Å². The number of phosphoric ester groups is 1. The van der Waals surface area contributed by atoms with E-state index in [0.29, 0.717) is 22.0 Å². The largest absolute Gasteiger partial charge is 0.531 e. The Labute approximate surface area is 184 Å². The molecule has 164 valence electrons. The Morgan fingerprint density at radius 1 is 1.06 bits per heavy atom. The zero-order valence-electron chi connectivity index (χ0n) is 16.9. The van der Waals surface area contributed by atoms with Crippen molar-refractivity contribution in [1.82, 2.24) is 0 Å². The highest BCUT2D eigenvalue weighted by atomic mass is 35.5. The molecule has 2 aromatic rings. The molecule has 0 saturated heterocycles. The summed E-state index contributed by atoms with van der Waals surface area (Å²) in [6, 6.07) is 13.7. The maximum atomic E-state index is 12.8. The van der Waals surface area contributed by atoms with E-state index in [9.17, 15) is 9.36 Å². The van der Waals surface area contributed by atoms with E-state index in [4.69, 9.17) is 29.9 Å². The highest BCUT2D eigenvalue weighted by Crippen LogP contribution is 2.49. The van der Waals surface area contributed by atoms with Crippen LogP contribution in [0.4, 0.5) is 5.69 Å². The molecular formula is C20H21ClN3O6P. The molecule has 9 nitrogen and oxygen atoms in total. The number of para-hydroxylation sites is 1. The van der Waals surface area contributed by atoms with E-state index in [1.54, 1.807) is 62.4 Å². The molecular weight excluding hydrogens is 445 g/mol. The van der Waals surface area contributed by atoms with Gasteiger partial charge in [-0.3, -0.25) is 13.8 Å². The van der Waals surface area contributed by atoms with E-state index < -0.39 is 13.7 Å². The standard InChI is InChI=1S/C20H21ClN3O6P/c1-3-28-31(26,29-4-2)30-18(13-27-15-11-9-14(21)10-12-15)23-24-19-16-7-5-6-8-17(16)22-20(19)25/h5-12H,3-4,13H2,1-2H3,(H,22,24,25)/b23-18-. The number of carbonyl (C=O) groups excluding carboxylic acids is 1. The third-order valence-corrected chi connectivity index (χ3v) is 5.71. The number of amides is 1. The predicted octanol–water partition coefficient (Wildman–Crippen LogP) is 4.67. The van der Waals surface area contributed by atoms with E-state index >= 15 is 0 Å². The average Bonchev–Trinajstić information content (AvgIpc) is 3.06. The van der Waals surface area contributed by atoms with Gasteiger partial charge in [-0.15, -0.1) is 10.2 Å². The van der Waals surface area contributed by atoms with Gasteiger partial charge in [0.05, 0.1) is 18.9 Å². The summed E-state index contributed by atoms with van der Waals surface area (Å²) in [4.78, 5) is 12.2. The number of rotatable bonds is 9. The highest BCUT2D eigenvalue weighted by molar-refractivity contribution is 7.49. The molecule has 0 spiro atoms. The minimum atomic E-state index is -3.95. The molecule has 0 aliphatic carbocycles. The Kier molecular flexibility index (Phi) is 7.81. The Balaban J connectivity index is 1.88. The number of carbonyl (C=O) groups is 1. The van der Waals surface area contributed by atoms with Gasteiger partial charge in [-0.05, 0) is 44.2 Å². The first-order valence-corrected chi connectivity index (χ1v) is 11.3. The molecule has 1 N–H and O–H groups in total. The van der Waals surface area contributed by atoms with Gasteiger partial charge in [-0.2, -0.15) is 0 Å². The van der Waals surface area contributed by atoms with Gasteiger partial charge in [0.1, 0.15) is 5.75 Å². The lowest BCUT2D eigenvalue weighted by Crippen LogP contribution is -2.17. The molecule has 0 unspecified atom stereocenters. The first kappa shape index (κ1) is 23.0. The van der Waals surface area contributed by atoms with Crippen LogP contribution in [0.1, 0.15) is 19.4 Å². The Bertz CT molecular complexity index is 1030. The van der Waals surface area contributed by atoms with Crippen LogP contribution in [-0.2, 0) is 22.9 Å². The summed E-state index contributed by atoms with van der Waals surface area (Å²) in [5.41, 5.74) is 1.30. The molecule has 31 heavy (non-hydrogen) atoms. The number of benzene rings is 2. The maximum absolute atomic E-state index is 12.8. The quantitative estimate of drug-likeness (QED) is 0.249. The van der Waals surface area contributed by atoms with Gasteiger partial charge in [0.25, 0.3) is 11.8 Å². The van der Waals surface area contributed by atoms with Gasteiger partial charge in [-0.1, -0.05) is 29.8 Å². The molecule has 0 saturated carbocycles. The number of ether oxygens (including phenoxy) is 1. The van der Waals surface area contributed by atoms with Gasteiger partial charge >= 0.3 is 7.82 Å². The summed E-state index contributed by atoms with van der Waals surface area (Å²) >= 11 is 5.88. The van der Waals surface area contributed by atoms with E-state index in [1.807, 2.05) is 0 Å². The topological polar surface area (TPSA) is 108 Å². The number of nitrogens with zero attached hydrogens (tertiary/aromatic N) is 2. The lowest BCUT2D eigenvalue weighted by atomic mass is 10.1.